The second-order valence-electron chi connectivity index (χ2n) is 7.50. The molecule has 0 unspecified atom stereocenters. The monoisotopic (exact) mass is 532 g/mol. The molecule has 174 valence electrons. The van der Waals surface area contributed by atoms with Crippen LogP contribution in [0.5, 0.6) is 5.75 Å². The quantitative estimate of drug-likeness (QED) is 0.156. The maximum absolute atomic E-state index is 13.4. The van der Waals surface area contributed by atoms with Crippen LogP contribution in [0.25, 0.3) is 33.5 Å². The summed E-state index contributed by atoms with van der Waals surface area (Å²) in [4.78, 5) is 29.1. The maximum atomic E-state index is 13.4. The van der Waals surface area contributed by atoms with Crippen LogP contribution in [0, 0.1) is 10.1 Å². The van der Waals surface area contributed by atoms with Gasteiger partial charge in [0, 0.05) is 21.5 Å². The summed E-state index contributed by atoms with van der Waals surface area (Å²) in [6, 6.07) is 19.1. The molecule has 0 radical (unpaired) electrons. The Labute approximate surface area is 206 Å². The number of fused-ring (bicyclic) bond motifs is 2. The van der Waals surface area contributed by atoms with Crippen LogP contribution >= 0.6 is 15.9 Å². The van der Waals surface area contributed by atoms with Crippen LogP contribution in [0.2, 0.25) is 0 Å². The molecular weight excluding hydrogens is 516 g/mol. The lowest BCUT2D eigenvalue weighted by atomic mass is 10.2. The molecule has 0 saturated heterocycles. The summed E-state index contributed by atoms with van der Waals surface area (Å²) in [5.41, 5.74) is 0.826. The Kier molecular flexibility index (Phi) is 5.87. The highest BCUT2D eigenvalue weighted by atomic mass is 79.9. The van der Waals surface area contributed by atoms with Crippen molar-refractivity contribution in [2.24, 2.45) is 5.10 Å². The summed E-state index contributed by atoms with van der Waals surface area (Å²) in [7, 11) is 0. The number of ether oxygens (including phenoxy) is 1. The molecule has 0 aliphatic heterocycles. The van der Waals surface area contributed by atoms with Gasteiger partial charge in [-0.2, -0.15) is 9.78 Å². The van der Waals surface area contributed by atoms with Crippen LogP contribution in [-0.2, 0) is 0 Å². The first kappa shape index (κ1) is 22.5. The Bertz CT molecular complexity index is 1660. The summed E-state index contributed by atoms with van der Waals surface area (Å²) in [5, 5.41) is 17.2. The van der Waals surface area contributed by atoms with Crippen molar-refractivity contribution in [1.29, 1.82) is 0 Å². The average molecular weight is 533 g/mol. The minimum atomic E-state index is -0.531. The van der Waals surface area contributed by atoms with E-state index in [9.17, 15) is 14.9 Å². The van der Waals surface area contributed by atoms with Gasteiger partial charge in [-0.25, -0.2) is 4.98 Å². The third-order valence-corrected chi connectivity index (χ3v) is 5.72. The van der Waals surface area contributed by atoms with Crippen molar-refractivity contribution in [3.8, 4) is 17.3 Å². The Morgan fingerprint density at radius 3 is 2.71 bits per heavy atom. The van der Waals surface area contributed by atoms with Crippen molar-refractivity contribution in [3.05, 3.63) is 97.2 Å². The fourth-order valence-electron chi connectivity index (χ4n) is 3.74. The first-order valence-electron chi connectivity index (χ1n) is 10.6. The van der Waals surface area contributed by atoms with Gasteiger partial charge in [0.25, 0.3) is 5.56 Å². The minimum absolute atomic E-state index is 0.0523. The van der Waals surface area contributed by atoms with E-state index in [-0.39, 0.29) is 23.9 Å². The molecule has 0 saturated carbocycles. The van der Waals surface area contributed by atoms with E-state index in [4.69, 9.17) is 9.15 Å². The second kappa shape index (κ2) is 9.15. The summed E-state index contributed by atoms with van der Waals surface area (Å²) in [6.07, 6.45) is 1.34. The van der Waals surface area contributed by atoms with Crippen LogP contribution in [0.3, 0.4) is 0 Å². The molecule has 5 aromatic rings. The van der Waals surface area contributed by atoms with Gasteiger partial charge in [-0.1, -0.05) is 46.3 Å². The Morgan fingerprint density at radius 1 is 1.17 bits per heavy atom. The van der Waals surface area contributed by atoms with E-state index in [2.05, 4.69) is 26.0 Å². The van der Waals surface area contributed by atoms with Crippen LogP contribution in [0.1, 0.15) is 12.5 Å². The van der Waals surface area contributed by atoms with E-state index in [1.807, 2.05) is 24.3 Å². The van der Waals surface area contributed by atoms with Gasteiger partial charge in [-0.15, -0.1) is 0 Å². The Morgan fingerprint density at radius 2 is 1.94 bits per heavy atom. The molecule has 0 aliphatic rings. The number of furan rings is 1. The molecule has 35 heavy (non-hydrogen) atoms. The van der Waals surface area contributed by atoms with Gasteiger partial charge < -0.3 is 9.15 Å². The zero-order valence-electron chi connectivity index (χ0n) is 18.3. The topological polar surface area (TPSA) is 113 Å². The molecule has 3 aromatic carbocycles. The highest BCUT2D eigenvalue weighted by molar-refractivity contribution is 9.10. The smallest absolute Gasteiger partial charge is 0.312 e. The number of hydrogen-bond acceptors (Lipinski definition) is 7. The standard InChI is InChI=1S/C25H17BrN4O5/c1-2-34-23-16(11-17(26)13-20(23)30(32)33)14-27-29-24(22-12-15-7-3-6-10-21(15)35-22)28-19-9-5-4-8-18(19)25(29)31/h3-14H,2H2,1H3. The van der Waals surface area contributed by atoms with Gasteiger partial charge in [-0.3, -0.25) is 14.9 Å². The van der Waals surface area contributed by atoms with Crippen LogP contribution in [-0.4, -0.2) is 27.4 Å². The number of hydrogen-bond donors (Lipinski definition) is 0. The van der Waals surface area contributed by atoms with E-state index in [0.29, 0.717) is 32.3 Å². The Balaban J connectivity index is 1.74. The molecular formula is C25H17BrN4O5. The van der Waals surface area contributed by atoms with E-state index < -0.39 is 10.5 Å². The van der Waals surface area contributed by atoms with Crippen molar-refractivity contribution >= 4 is 49.7 Å². The molecule has 2 heterocycles. The molecule has 0 bridgehead atoms. The average Bonchev–Trinajstić information content (AvgIpc) is 3.29. The number of benzene rings is 3. The summed E-state index contributed by atoms with van der Waals surface area (Å²) in [6.45, 7) is 1.94. The molecule has 0 atom stereocenters. The predicted molar refractivity (Wildman–Crippen MR) is 136 cm³/mol. The minimum Gasteiger partial charge on any atom is -0.487 e. The molecule has 9 nitrogen and oxygen atoms in total. The van der Waals surface area contributed by atoms with Crippen LogP contribution < -0.4 is 10.3 Å². The fraction of sp³-hybridized carbons (Fsp3) is 0.0800. The zero-order valence-corrected chi connectivity index (χ0v) is 19.9. The molecule has 0 N–H and O–H groups in total. The van der Waals surface area contributed by atoms with Crippen molar-refractivity contribution in [3.63, 3.8) is 0 Å². The number of halogens is 1. The molecule has 0 aliphatic carbocycles. The lowest BCUT2D eigenvalue weighted by Crippen LogP contribution is -2.20. The third-order valence-electron chi connectivity index (χ3n) is 5.26. The normalized spacial score (nSPS) is 11.5. The predicted octanol–water partition coefficient (Wildman–Crippen LogP) is 5.76. The number of nitrogens with zero attached hydrogens (tertiary/aromatic N) is 4. The van der Waals surface area contributed by atoms with Gasteiger partial charge in [0.2, 0.25) is 11.6 Å². The second-order valence-corrected chi connectivity index (χ2v) is 8.41. The van der Waals surface area contributed by atoms with E-state index in [1.165, 1.54) is 12.3 Å². The van der Waals surface area contributed by atoms with Crippen molar-refractivity contribution < 1.29 is 14.1 Å². The molecule has 0 fully saturated rings. The highest BCUT2D eigenvalue weighted by Crippen LogP contribution is 2.34. The SMILES string of the molecule is CCOc1c(C=Nn2c(-c3cc4ccccc4o3)nc3ccccc3c2=O)cc(Br)cc1[N+](=O)[O-]. The number of rotatable bonds is 6. The maximum Gasteiger partial charge on any atom is 0.312 e. The van der Waals surface area contributed by atoms with Gasteiger partial charge in [0.05, 0.1) is 28.6 Å². The van der Waals surface area contributed by atoms with Gasteiger partial charge >= 0.3 is 5.69 Å². The molecule has 0 amide bonds. The van der Waals surface area contributed by atoms with Gasteiger partial charge in [0.1, 0.15) is 5.58 Å². The number of nitro groups is 1. The van der Waals surface area contributed by atoms with Crippen molar-refractivity contribution in [2.75, 3.05) is 6.61 Å². The van der Waals surface area contributed by atoms with Gasteiger partial charge in [-0.05, 0) is 37.3 Å². The first-order chi connectivity index (χ1) is 17.0. The molecule has 2 aromatic heterocycles. The lowest BCUT2D eigenvalue weighted by molar-refractivity contribution is -0.385. The van der Waals surface area contributed by atoms with Crippen molar-refractivity contribution in [2.45, 2.75) is 6.92 Å². The first-order valence-corrected chi connectivity index (χ1v) is 11.4. The number of nitro benzene ring substituents is 1. The summed E-state index contributed by atoms with van der Waals surface area (Å²) < 4.78 is 13.1. The summed E-state index contributed by atoms with van der Waals surface area (Å²) in [5.74, 6) is 0.608. The largest absolute Gasteiger partial charge is 0.487 e. The fourth-order valence-corrected chi connectivity index (χ4v) is 4.20. The van der Waals surface area contributed by atoms with E-state index in [0.717, 1.165) is 10.1 Å². The number of aromatic nitrogens is 2. The number of para-hydroxylation sites is 2. The van der Waals surface area contributed by atoms with Crippen LogP contribution in [0.4, 0.5) is 5.69 Å². The van der Waals surface area contributed by atoms with E-state index >= 15 is 0 Å². The molecule has 10 heteroatoms. The third kappa shape index (κ3) is 4.19. The molecule has 5 rings (SSSR count). The van der Waals surface area contributed by atoms with E-state index in [1.54, 1.807) is 43.3 Å². The summed E-state index contributed by atoms with van der Waals surface area (Å²) >= 11 is 3.29. The Hall–Kier alpha value is -4.31. The highest BCUT2D eigenvalue weighted by Gasteiger charge is 2.21. The molecule has 0 spiro atoms. The van der Waals surface area contributed by atoms with Gasteiger partial charge in [0.15, 0.2) is 5.76 Å². The zero-order chi connectivity index (χ0) is 24.5. The van der Waals surface area contributed by atoms with Crippen molar-refractivity contribution in [1.82, 2.24) is 9.66 Å². The van der Waals surface area contributed by atoms with Crippen LogP contribution in [0.15, 0.2) is 85.5 Å². The lowest BCUT2D eigenvalue weighted by Gasteiger charge is -2.10.